The molecule has 4 N–H and O–H groups in total. The van der Waals surface area contributed by atoms with Gasteiger partial charge < -0.3 is 15.2 Å². The van der Waals surface area contributed by atoms with E-state index in [-0.39, 0.29) is 12.2 Å². The number of hydrogen-bond donors (Lipinski definition) is 4. The van der Waals surface area contributed by atoms with E-state index in [1.807, 2.05) is 0 Å². The largest absolute Gasteiger partial charge is 0.573 e. The number of rotatable bonds is 4. The van der Waals surface area contributed by atoms with Crippen molar-refractivity contribution in [3.05, 3.63) is 24.3 Å². The van der Waals surface area contributed by atoms with E-state index < -0.39 is 35.9 Å². The molecule has 0 aromatic heterocycles. The number of alkyl halides is 3. The molecule has 1 aliphatic rings. The van der Waals surface area contributed by atoms with Crippen LogP contribution in [0.2, 0.25) is 0 Å². The van der Waals surface area contributed by atoms with Crippen LogP contribution in [0.4, 0.5) is 18.9 Å². The number of halogens is 3. The number of amides is 2. The van der Waals surface area contributed by atoms with Crippen molar-refractivity contribution >= 4 is 17.5 Å². The lowest BCUT2D eigenvalue weighted by Gasteiger charge is -2.14. The van der Waals surface area contributed by atoms with Crippen molar-refractivity contribution in [2.24, 2.45) is 5.92 Å². The molecule has 0 radical (unpaired) electrons. The van der Waals surface area contributed by atoms with Gasteiger partial charge in [0.05, 0.1) is 11.8 Å². The maximum absolute atomic E-state index is 12.0. The zero-order valence-corrected chi connectivity index (χ0v) is 11.0. The number of β-amino-alcohol motifs (C(OH)–C–C–N with tert-alkyl or cyclic N) is 1. The highest BCUT2D eigenvalue weighted by Crippen LogP contribution is 2.23. The zero-order chi connectivity index (χ0) is 16.3. The molecule has 2 amide bonds. The summed E-state index contributed by atoms with van der Waals surface area (Å²) in [7, 11) is 0. The average molecular weight is 319 g/mol. The van der Waals surface area contributed by atoms with Crippen molar-refractivity contribution in [2.45, 2.75) is 12.5 Å². The highest BCUT2D eigenvalue weighted by Gasteiger charge is 2.39. The number of aliphatic hydroxyl groups is 1. The summed E-state index contributed by atoms with van der Waals surface area (Å²) < 4.78 is 39.6. The lowest BCUT2D eigenvalue weighted by Crippen LogP contribution is -2.41. The second kappa shape index (κ2) is 6.10. The van der Waals surface area contributed by atoms with Crippen LogP contribution in [0.5, 0.6) is 5.75 Å². The maximum Gasteiger partial charge on any atom is 0.573 e. The lowest BCUT2D eigenvalue weighted by molar-refractivity contribution is -0.274. The molecular formula is C12H12F3N3O4. The molecule has 1 fully saturated rings. The number of carbonyl (C=O) groups excluding carboxylic acids is 2. The first-order chi connectivity index (χ1) is 10.3. The molecule has 1 aromatic carbocycles. The first-order valence-corrected chi connectivity index (χ1v) is 6.14. The first kappa shape index (κ1) is 15.9. The third-order valence-corrected chi connectivity index (χ3v) is 2.85. The highest BCUT2D eigenvalue weighted by molar-refractivity contribution is 6.02. The van der Waals surface area contributed by atoms with Gasteiger partial charge in [0.15, 0.2) is 0 Å². The van der Waals surface area contributed by atoms with E-state index in [2.05, 4.69) is 20.9 Å². The molecule has 1 saturated heterocycles. The minimum atomic E-state index is -4.78. The third-order valence-electron chi connectivity index (χ3n) is 2.85. The van der Waals surface area contributed by atoms with Gasteiger partial charge in [0.2, 0.25) is 5.91 Å². The fourth-order valence-electron chi connectivity index (χ4n) is 1.85. The molecule has 2 unspecified atom stereocenters. The number of hydrazine groups is 1. The molecule has 7 nitrogen and oxygen atoms in total. The van der Waals surface area contributed by atoms with Crippen molar-refractivity contribution in [3.63, 3.8) is 0 Å². The van der Waals surface area contributed by atoms with E-state index in [0.717, 1.165) is 12.1 Å². The second-order valence-corrected chi connectivity index (χ2v) is 4.48. The molecule has 1 aliphatic heterocycles. The summed E-state index contributed by atoms with van der Waals surface area (Å²) in [6.45, 7) is -0.0135. The Labute approximate surface area is 122 Å². The molecule has 0 bridgehead atoms. The summed E-state index contributed by atoms with van der Waals surface area (Å²) in [6, 6.07) is 4.59. The molecule has 2 atom stereocenters. The van der Waals surface area contributed by atoms with Gasteiger partial charge in [-0.3, -0.25) is 20.4 Å². The Morgan fingerprint density at radius 2 is 1.95 bits per heavy atom. The molecule has 0 saturated carbocycles. The average Bonchev–Trinajstić information content (AvgIpc) is 2.75. The van der Waals surface area contributed by atoms with E-state index in [4.69, 9.17) is 0 Å². The number of anilines is 1. The molecule has 1 aromatic rings. The maximum atomic E-state index is 12.0. The van der Waals surface area contributed by atoms with E-state index in [1.54, 1.807) is 0 Å². The van der Waals surface area contributed by atoms with Crippen LogP contribution in [-0.2, 0) is 9.59 Å². The van der Waals surface area contributed by atoms with Crippen LogP contribution in [0.25, 0.3) is 0 Å². The van der Waals surface area contributed by atoms with Crippen molar-refractivity contribution in [1.82, 2.24) is 10.7 Å². The van der Waals surface area contributed by atoms with E-state index in [0.29, 0.717) is 0 Å². The Morgan fingerprint density at radius 3 is 2.45 bits per heavy atom. The van der Waals surface area contributed by atoms with Crippen LogP contribution in [0, 0.1) is 5.92 Å². The standard InChI is InChI=1S/C12H12F3N3O4/c13-12(14,15)22-7-3-1-6(2-4-7)17-18-11(21)9-8(19)5-16-10(9)20/h1-4,8-9,17,19H,5H2,(H,16,20)(H,18,21). The fourth-order valence-corrected chi connectivity index (χ4v) is 1.85. The number of benzene rings is 1. The summed E-state index contributed by atoms with van der Waals surface area (Å²) in [6.07, 6.45) is -5.91. The van der Waals surface area contributed by atoms with Crippen LogP contribution >= 0.6 is 0 Å². The molecule has 0 aliphatic carbocycles. The van der Waals surface area contributed by atoms with E-state index in [9.17, 15) is 27.9 Å². The summed E-state index contributed by atoms with van der Waals surface area (Å²) in [5.74, 6) is -2.99. The SMILES string of the molecule is O=C1NCC(O)C1C(=O)NNc1ccc(OC(F)(F)F)cc1. The minimum Gasteiger partial charge on any atom is -0.406 e. The Hall–Kier alpha value is -2.49. The lowest BCUT2D eigenvalue weighted by atomic mass is 10.1. The summed E-state index contributed by atoms with van der Waals surface area (Å²) in [4.78, 5) is 23.1. The van der Waals surface area contributed by atoms with Crippen molar-refractivity contribution in [2.75, 3.05) is 12.0 Å². The van der Waals surface area contributed by atoms with Gasteiger partial charge in [0.1, 0.15) is 11.7 Å². The van der Waals surface area contributed by atoms with Crippen molar-refractivity contribution in [3.8, 4) is 5.75 Å². The predicted molar refractivity (Wildman–Crippen MR) is 67.4 cm³/mol. The molecule has 2 rings (SSSR count). The fraction of sp³-hybridized carbons (Fsp3) is 0.333. The van der Waals surface area contributed by atoms with Crippen LogP contribution in [0.1, 0.15) is 0 Å². The number of hydrogen-bond acceptors (Lipinski definition) is 5. The van der Waals surface area contributed by atoms with Crippen LogP contribution < -0.4 is 20.9 Å². The molecular weight excluding hydrogens is 307 g/mol. The predicted octanol–water partition coefficient (Wildman–Crippen LogP) is 0.135. The zero-order valence-electron chi connectivity index (χ0n) is 11.0. The smallest absolute Gasteiger partial charge is 0.406 e. The first-order valence-electron chi connectivity index (χ1n) is 6.14. The van der Waals surface area contributed by atoms with Crippen LogP contribution in [0.3, 0.4) is 0 Å². The van der Waals surface area contributed by atoms with Gasteiger partial charge in [-0.25, -0.2) is 0 Å². The van der Waals surface area contributed by atoms with Gasteiger partial charge in [0, 0.05) is 6.54 Å². The number of nitrogens with one attached hydrogen (secondary N) is 3. The topological polar surface area (TPSA) is 99.7 Å². The monoisotopic (exact) mass is 319 g/mol. The Balaban J connectivity index is 1.89. The Bertz CT molecular complexity index is 562. The van der Waals surface area contributed by atoms with Gasteiger partial charge in [-0.15, -0.1) is 13.2 Å². The number of carbonyl (C=O) groups is 2. The highest BCUT2D eigenvalue weighted by atomic mass is 19.4. The summed E-state index contributed by atoms with van der Waals surface area (Å²) in [5, 5.41) is 11.8. The molecule has 22 heavy (non-hydrogen) atoms. The number of ether oxygens (including phenoxy) is 1. The molecule has 10 heteroatoms. The van der Waals surface area contributed by atoms with Gasteiger partial charge in [-0.05, 0) is 24.3 Å². The van der Waals surface area contributed by atoms with Gasteiger partial charge in [-0.1, -0.05) is 0 Å². The summed E-state index contributed by atoms with van der Waals surface area (Å²) >= 11 is 0. The molecule has 0 spiro atoms. The van der Waals surface area contributed by atoms with Crippen molar-refractivity contribution < 1.29 is 32.6 Å². The molecule has 120 valence electrons. The van der Waals surface area contributed by atoms with Gasteiger partial charge >= 0.3 is 6.36 Å². The quantitative estimate of drug-likeness (QED) is 0.467. The second-order valence-electron chi connectivity index (χ2n) is 4.48. The number of aliphatic hydroxyl groups excluding tert-OH is 1. The van der Waals surface area contributed by atoms with Crippen LogP contribution in [-0.4, -0.2) is 35.9 Å². The van der Waals surface area contributed by atoms with E-state index >= 15 is 0 Å². The summed E-state index contributed by atoms with van der Waals surface area (Å²) in [5.41, 5.74) is 4.90. The molecule has 1 heterocycles. The van der Waals surface area contributed by atoms with Crippen LogP contribution in [0.15, 0.2) is 24.3 Å². The Kier molecular flexibility index (Phi) is 4.40. The van der Waals surface area contributed by atoms with Gasteiger partial charge in [-0.2, -0.15) is 0 Å². The van der Waals surface area contributed by atoms with Gasteiger partial charge in [0.25, 0.3) is 5.91 Å². The Morgan fingerprint density at radius 1 is 1.32 bits per heavy atom. The minimum absolute atomic E-state index is 0.0135. The van der Waals surface area contributed by atoms with Crippen molar-refractivity contribution in [1.29, 1.82) is 0 Å². The third kappa shape index (κ3) is 4.01. The normalized spacial score (nSPS) is 21.2. The van der Waals surface area contributed by atoms with E-state index in [1.165, 1.54) is 12.1 Å².